The molecule has 2 saturated carbocycles. The molecular weight excluding hydrogens is 552 g/mol. The van der Waals surface area contributed by atoms with Gasteiger partial charge in [-0.05, 0) is 73.3 Å². The summed E-state index contributed by atoms with van der Waals surface area (Å²) in [5, 5.41) is 18.6. The lowest BCUT2D eigenvalue weighted by Gasteiger charge is -2.27. The first kappa shape index (κ1) is 27.4. The maximum Gasteiger partial charge on any atom is 0.333 e. The van der Waals surface area contributed by atoms with E-state index in [0.717, 1.165) is 16.9 Å². The highest BCUT2D eigenvalue weighted by Gasteiger charge is 2.35. The minimum atomic E-state index is -4.09. The highest BCUT2D eigenvalue weighted by Crippen LogP contribution is 2.44. The van der Waals surface area contributed by atoms with E-state index in [2.05, 4.69) is 37.7 Å². The number of aromatic nitrogens is 2. The number of anilines is 1. The Morgan fingerprint density at radius 1 is 1.25 bits per heavy atom. The van der Waals surface area contributed by atoms with Crippen LogP contribution in [0.2, 0.25) is 0 Å². The van der Waals surface area contributed by atoms with Crippen LogP contribution in [-0.2, 0) is 25.6 Å². The lowest BCUT2D eigenvalue weighted by atomic mass is 9.90. The third-order valence-electron chi connectivity index (χ3n) is 8.02. The molecule has 212 valence electrons. The number of ether oxygens (including phenoxy) is 1. The number of benzene rings is 1. The number of nitrogens with two attached hydrogens (primary N) is 1. The van der Waals surface area contributed by atoms with E-state index >= 15 is 0 Å². The summed E-state index contributed by atoms with van der Waals surface area (Å²) in [6.07, 6.45) is 6.00. The minimum absolute atomic E-state index is 0.196. The number of carbonyl (C=O) groups is 1. The molecule has 10 nitrogen and oxygen atoms in total. The van der Waals surface area contributed by atoms with Gasteiger partial charge in [-0.1, -0.05) is 18.2 Å². The highest BCUT2D eigenvalue weighted by atomic mass is 32.2. The molecule has 0 saturated heterocycles. The third-order valence-corrected chi connectivity index (χ3v) is 9.55. The number of fused-ring (bicyclic) bond motifs is 1. The lowest BCUT2D eigenvalue weighted by Crippen LogP contribution is -2.24. The predicted octanol–water partition coefficient (Wildman–Crippen LogP) is 3.39. The Hall–Kier alpha value is -2.74. The average molecular weight is 585 g/mol. The Morgan fingerprint density at radius 2 is 2.08 bits per heavy atom. The van der Waals surface area contributed by atoms with Crippen molar-refractivity contribution in [2.75, 3.05) is 18.5 Å². The smallest absolute Gasteiger partial charge is 0.333 e. The Labute approximate surface area is 237 Å². The fourth-order valence-electron chi connectivity index (χ4n) is 5.78. The van der Waals surface area contributed by atoms with Gasteiger partial charge in [-0.15, -0.1) is 11.3 Å². The number of nitrogens with one attached hydrogen (secondary N) is 1. The van der Waals surface area contributed by atoms with Crippen molar-refractivity contribution in [1.82, 2.24) is 9.97 Å². The molecule has 0 radical (unpaired) electrons. The second-order valence-electron chi connectivity index (χ2n) is 10.9. The van der Waals surface area contributed by atoms with E-state index in [1.807, 2.05) is 13.0 Å². The quantitative estimate of drug-likeness (QED) is 0.321. The highest BCUT2D eigenvalue weighted by molar-refractivity contribution is 7.84. The zero-order valence-electron chi connectivity index (χ0n) is 22.1. The Balaban J connectivity index is 1.21. The van der Waals surface area contributed by atoms with Crippen molar-refractivity contribution in [2.24, 2.45) is 11.1 Å². The molecule has 0 amide bonds. The van der Waals surface area contributed by atoms with Crippen LogP contribution < -0.4 is 10.5 Å². The van der Waals surface area contributed by atoms with E-state index in [0.29, 0.717) is 41.6 Å². The summed E-state index contributed by atoms with van der Waals surface area (Å²) in [5.74, 6) is 0.400. The van der Waals surface area contributed by atoms with Crippen molar-refractivity contribution in [3.05, 3.63) is 74.4 Å². The Morgan fingerprint density at radius 3 is 2.85 bits per heavy atom. The summed E-state index contributed by atoms with van der Waals surface area (Å²) >= 11 is 1.43. The molecular formula is C28H32N4O6S2. The van der Waals surface area contributed by atoms with E-state index in [1.165, 1.54) is 53.4 Å². The molecule has 6 rings (SSSR count). The summed E-state index contributed by atoms with van der Waals surface area (Å²) in [6.45, 7) is 2.44. The summed E-state index contributed by atoms with van der Waals surface area (Å²) in [4.78, 5) is 23.7. The third kappa shape index (κ3) is 5.83. The van der Waals surface area contributed by atoms with Gasteiger partial charge in [0.05, 0.1) is 29.8 Å². The molecule has 1 aromatic carbocycles. The summed E-state index contributed by atoms with van der Waals surface area (Å²) in [6, 6.07) is 8.47. The van der Waals surface area contributed by atoms with Gasteiger partial charge in [-0.3, -0.25) is 8.98 Å². The molecule has 4 N–H and O–H groups in total. The normalized spacial score (nSPS) is 24.6. The van der Waals surface area contributed by atoms with E-state index in [-0.39, 0.29) is 24.5 Å². The monoisotopic (exact) mass is 584 g/mol. The Bertz CT molecular complexity index is 1540. The predicted molar refractivity (Wildman–Crippen MR) is 150 cm³/mol. The summed E-state index contributed by atoms with van der Waals surface area (Å²) in [7, 11) is -4.09. The number of hydrogen-bond acceptors (Lipinski definition) is 10. The molecule has 3 heterocycles. The van der Waals surface area contributed by atoms with Gasteiger partial charge in [-0.25, -0.2) is 15.1 Å². The molecule has 4 atom stereocenters. The fraction of sp³-hybridized carbons (Fsp3) is 0.464. The number of nitrogens with zero attached hydrogens (tertiary/aromatic N) is 2. The molecule has 2 aromatic heterocycles. The molecule has 12 heteroatoms. The van der Waals surface area contributed by atoms with Crippen LogP contribution in [-0.4, -0.2) is 54.6 Å². The topological polar surface area (TPSA) is 154 Å². The van der Waals surface area contributed by atoms with Gasteiger partial charge in [0, 0.05) is 23.0 Å². The van der Waals surface area contributed by atoms with E-state index in [4.69, 9.17) is 9.88 Å². The van der Waals surface area contributed by atoms with Gasteiger partial charge in [0.15, 0.2) is 0 Å². The van der Waals surface area contributed by atoms with Crippen LogP contribution in [0, 0.1) is 12.8 Å². The SMILES string of the molecule is Cc1sc(C(=O)c2cncnc2N[C@@H]2C[C@H](COS(N)(=O)=O)[C@@H](O)C2)cc1C1OCCc2ccc(C3CC3)cc21. The van der Waals surface area contributed by atoms with Gasteiger partial charge in [0.1, 0.15) is 18.2 Å². The molecule has 0 bridgehead atoms. The van der Waals surface area contributed by atoms with Crippen molar-refractivity contribution >= 4 is 33.2 Å². The van der Waals surface area contributed by atoms with Crippen molar-refractivity contribution < 1.29 is 27.2 Å². The average Bonchev–Trinajstić information content (AvgIpc) is 3.62. The second kappa shape index (κ2) is 10.9. The first-order chi connectivity index (χ1) is 19.2. The van der Waals surface area contributed by atoms with Crippen LogP contribution in [0.25, 0.3) is 0 Å². The van der Waals surface area contributed by atoms with Gasteiger partial charge in [0.2, 0.25) is 5.78 Å². The largest absolute Gasteiger partial charge is 0.393 e. The molecule has 1 unspecified atom stereocenters. The number of aliphatic hydroxyl groups is 1. The number of ketones is 1. The van der Waals surface area contributed by atoms with Crippen molar-refractivity contribution in [3.8, 4) is 0 Å². The van der Waals surface area contributed by atoms with Crippen LogP contribution in [0.3, 0.4) is 0 Å². The molecule has 2 aliphatic carbocycles. The van der Waals surface area contributed by atoms with E-state index in [1.54, 1.807) is 0 Å². The van der Waals surface area contributed by atoms with Crippen LogP contribution in [0.1, 0.15) is 80.1 Å². The number of hydrogen-bond donors (Lipinski definition) is 3. The van der Waals surface area contributed by atoms with Gasteiger partial charge < -0.3 is 15.2 Å². The minimum Gasteiger partial charge on any atom is -0.393 e. The van der Waals surface area contributed by atoms with Gasteiger partial charge in [0.25, 0.3) is 0 Å². The molecule has 2 fully saturated rings. The molecule has 3 aliphatic rings. The van der Waals surface area contributed by atoms with Crippen LogP contribution >= 0.6 is 11.3 Å². The van der Waals surface area contributed by atoms with Crippen LogP contribution in [0.5, 0.6) is 0 Å². The van der Waals surface area contributed by atoms with Gasteiger partial charge >= 0.3 is 10.3 Å². The number of rotatable bonds is 9. The van der Waals surface area contributed by atoms with Gasteiger partial charge in [-0.2, -0.15) is 8.42 Å². The first-order valence-corrected chi connectivity index (χ1v) is 15.8. The number of thiophene rings is 1. The molecule has 0 spiro atoms. The molecule has 3 aromatic rings. The second-order valence-corrected chi connectivity index (χ2v) is 13.4. The number of carbonyl (C=O) groups excluding carboxylic acids is 1. The van der Waals surface area contributed by atoms with E-state index in [9.17, 15) is 18.3 Å². The van der Waals surface area contributed by atoms with Crippen LogP contribution in [0.4, 0.5) is 5.82 Å². The van der Waals surface area contributed by atoms with Crippen molar-refractivity contribution in [1.29, 1.82) is 0 Å². The summed E-state index contributed by atoms with van der Waals surface area (Å²) < 4.78 is 33.3. The maximum atomic E-state index is 13.7. The lowest BCUT2D eigenvalue weighted by molar-refractivity contribution is 0.0697. The zero-order valence-corrected chi connectivity index (χ0v) is 23.7. The van der Waals surface area contributed by atoms with Crippen molar-refractivity contribution in [2.45, 2.75) is 63.2 Å². The summed E-state index contributed by atoms with van der Waals surface area (Å²) in [5.41, 5.74) is 5.20. The maximum absolute atomic E-state index is 13.7. The Kier molecular flexibility index (Phi) is 7.49. The molecule has 1 aliphatic heterocycles. The number of aliphatic hydroxyl groups excluding tert-OH is 1. The number of aryl methyl sites for hydroxylation is 1. The zero-order chi connectivity index (χ0) is 28.0. The van der Waals surface area contributed by atoms with E-state index < -0.39 is 22.3 Å². The standard InChI is InChI=1S/C28H32N4O6S2/c1-15-21(27-22-9-18(16-2-3-16)5-4-17(22)6-7-37-27)11-25(39-15)26(34)23-12-30-14-31-28(23)32-20-8-19(24(33)10-20)13-38-40(29,35)36/h4-5,9,11-12,14,16,19-20,24,27,33H,2-3,6-8,10,13H2,1H3,(H2,29,35,36)(H,30,31,32)/t19-,20-,24+,27?/m1/s1. The van der Waals surface area contributed by atoms with Crippen molar-refractivity contribution in [3.63, 3.8) is 0 Å². The fourth-order valence-corrected chi connectivity index (χ4v) is 7.14. The first-order valence-electron chi connectivity index (χ1n) is 13.5. The van der Waals surface area contributed by atoms with Crippen LogP contribution in [0.15, 0.2) is 36.8 Å². The molecule has 40 heavy (non-hydrogen) atoms.